The lowest BCUT2D eigenvalue weighted by Crippen LogP contribution is -2.67. The second-order valence-electron chi connectivity index (χ2n) is 23.0. The standard InChI is InChI=1S/C66H84O11Si2/c1-65(2,3)78(52-36-22-14-23-37-52,53-38-24-15-25-39-53)73-48-56-60(71-46-50-32-18-12-19-33-50)59(68)63(75-56)77-62-61(72-47-51-34-20-13-21-35-51)57(76-64(62)70-45-31-11-9-8-10-30-44-58(67)69-7)49-74-79(66(4,5)6,54-40-26-16-27-41-54)55-42-28-17-29-43-55/h12-29,32-43,56-57,59-64,68H,8-11,30-31,44-49H2,1-7H3/t56-,57-,59+,60-,61-,62+,63+,64+/m1/s1. The van der Waals surface area contributed by atoms with Crippen LogP contribution in [-0.4, -0.2) is 104 Å². The molecule has 0 amide bonds. The number of unbranched alkanes of at least 4 members (excludes halogenated alkanes) is 5. The first-order valence-corrected chi connectivity index (χ1v) is 32.2. The molecule has 2 aliphatic heterocycles. The van der Waals surface area contributed by atoms with Gasteiger partial charge in [-0.05, 0) is 54.8 Å². The van der Waals surface area contributed by atoms with Crippen molar-refractivity contribution in [2.24, 2.45) is 0 Å². The van der Waals surface area contributed by atoms with Gasteiger partial charge in [-0.25, -0.2) is 0 Å². The summed E-state index contributed by atoms with van der Waals surface area (Å²) >= 11 is 0. The van der Waals surface area contributed by atoms with E-state index in [2.05, 4.69) is 139 Å². The van der Waals surface area contributed by atoms with Gasteiger partial charge in [-0.2, -0.15) is 0 Å². The molecule has 2 fully saturated rings. The maximum atomic E-state index is 12.7. The van der Waals surface area contributed by atoms with Gasteiger partial charge in [0.1, 0.15) is 36.6 Å². The molecule has 0 unspecified atom stereocenters. The summed E-state index contributed by atoms with van der Waals surface area (Å²) in [6.07, 6.45) is -1.27. The fourth-order valence-electron chi connectivity index (χ4n) is 11.5. The number of hydrogen-bond donors (Lipinski definition) is 1. The van der Waals surface area contributed by atoms with Crippen molar-refractivity contribution in [3.05, 3.63) is 193 Å². The van der Waals surface area contributed by atoms with E-state index in [-0.39, 0.29) is 42.5 Å². The number of benzene rings is 6. The molecule has 8 atom stereocenters. The van der Waals surface area contributed by atoms with Gasteiger partial charge in [0, 0.05) is 13.0 Å². The Morgan fingerprint density at radius 3 is 1.25 bits per heavy atom. The predicted octanol–water partition coefficient (Wildman–Crippen LogP) is 10.4. The maximum absolute atomic E-state index is 12.7. The van der Waals surface area contributed by atoms with Gasteiger partial charge in [-0.15, -0.1) is 0 Å². The minimum absolute atomic E-state index is 0.121. The van der Waals surface area contributed by atoms with Crippen molar-refractivity contribution in [3.63, 3.8) is 0 Å². The zero-order chi connectivity index (χ0) is 55.7. The summed E-state index contributed by atoms with van der Waals surface area (Å²) in [4.78, 5) is 11.7. The molecule has 0 spiro atoms. The molecule has 0 aliphatic carbocycles. The molecule has 11 nitrogen and oxygen atoms in total. The summed E-state index contributed by atoms with van der Waals surface area (Å²) in [7, 11) is -4.69. The van der Waals surface area contributed by atoms with Gasteiger partial charge in [0.2, 0.25) is 0 Å². The first kappa shape index (κ1) is 60.0. The normalized spacial score (nSPS) is 21.8. The average Bonchev–Trinajstić information content (AvgIpc) is 4.03. The van der Waals surface area contributed by atoms with E-state index in [9.17, 15) is 9.90 Å². The van der Waals surface area contributed by atoms with Crippen LogP contribution in [0.4, 0.5) is 0 Å². The fraction of sp³-hybridized carbons (Fsp3) is 0.439. The van der Waals surface area contributed by atoms with Crippen molar-refractivity contribution in [3.8, 4) is 0 Å². The minimum Gasteiger partial charge on any atom is -0.469 e. The number of ether oxygens (including phenoxy) is 7. The number of methoxy groups -OCH3 is 1. The third-order valence-corrected chi connectivity index (χ3v) is 25.5. The number of aliphatic hydroxyl groups is 1. The Morgan fingerprint density at radius 1 is 0.468 bits per heavy atom. The van der Waals surface area contributed by atoms with Crippen molar-refractivity contribution >= 4 is 43.4 Å². The van der Waals surface area contributed by atoms with Crippen LogP contribution < -0.4 is 20.7 Å². The first-order valence-electron chi connectivity index (χ1n) is 28.4. The Balaban J connectivity index is 1.12. The zero-order valence-corrected chi connectivity index (χ0v) is 49.5. The summed E-state index contributed by atoms with van der Waals surface area (Å²) in [6.45, 7) is 14.7. The Hall–Kier alpha value is -5.14. The molecule has 2 aliphatic rings. The van der Waals surface area contributed by atoms with Gasteiger partial charge >= 0.3 is 5.97 Å². The lowest BCUT2D eigenvalue weighted by atomic mass is 10.1. The van der Waals surface area contributed by atoms with E-state index >= 15 is 0 Å². The molecule has 0 bridgehead atoms. The Morgan fingerprint density at radius 2 is 0.835 bits per heavy atom. The SMILES string of the molecule is COC(=O)CCCCCCCCO[C@H]1O[C@H](CO[Si](c2ccccc2)(c2ccccc2)C(C)(C)C)[C@@H](OCc2ccccc2)[C@@H]1O[C@@H]1O[C@H](CO[Si](c2ccccc2)(c2ccccc2)C(C)(C)C)[C@@H](OCc2ccccc2)[C@@H]1O. The summed E-state index contributed by atoms with van der Waals surface area (Å²) in [5.74, 6) is -0.173. The number of hydrogen-bond acceptors (Lipinski definition) is 11. The van der Waals surface area contributed by atoms with Crippen molar-refractivity contribution in [2.45, 2.75) is 159 Å². The highest BCUT2D eigenvalue weighted by Gasteiger charge is 2.57. The molecular formula is C66H84O11Si2. The van der Waals surface area contributed by atoms with Crippen molar-refractivity contribution in [2.75, 3.05) is 26.9 Å². The summed E-state index contributed by atoms with van der Waals surface area (Å²) in [6, 6.07) is 62.2. The van der Waals surface area contributed by atoms with Gasteiger partial charge in [0.05, 0.1) is 33.5 Å². The Labute approximate surface area is 472 Å². The van der Waals surface area contributed by atoms with Crippen LogP contribution in [0.3, 0.4) is 0 Å². The molecule has 2 saturated heterocycles. The van der Waals surface area contributed by atoms with E-state index in [1.165, 1.54) is 7.11 Å². The van der Waals surface area contributed by atoms with Gasteiger partial charge in [-0.1, -0.05) is 249 Å². The summed E-state index contributed by atoms with van der Waals surface area (Å²) in [5.41, 5.74) is 1.94. The van der Waals surface area contributed by atoms with Crippen molar-refractivity contribution < 1.29 is 51.9 Å². The largest absolute Gasteiger partial charge is 0.469 e. The molecule has 6 aromatic carbocycles. The van der Waals surface area contributed by atoms with E-state index in [0.717, 1.165) is 70.4 Å². The lowest BCUT2D eigenvalue weighted by Gasteiger charge is -2.43. The second kappa shape index (κ2) is 28.5. The summed E-state index contributed by atoms with van der Waals surface area (Å²) < 4.78 is 61.7. The number of aliphatic hydroxyl groups excluding tert-OH is 1. The highest BCUT2D eigenvalue weighted by molar-refractivity contribution is 7.00. The van der Waals surface area contributed by atoms with Crippen LogP contribution in [0.5, 0.6) is 0 Å². The molecule has 2 heterocycles. The van der Waals surface area contributed by atoms with Crippen LogP contribution in [0.25, 0.3) is 0 Å². The third kappa shape index (κ3) is 14.9. The number of esters is 1. The van der Waals surface area contributed by atoms with Crippen molar-refractivity contribution in [1.29, 1.82) is 0 Å². The predicted molar refractivity (Wildman–Crippen MR) is 316 cm³/mol. The molecular weight excluding hydrogens is 1020 g/mol. The topological polar surface area (TPSA) is 120 Å². The number of rotatable bonds is 28. The van der Waals surface area contributed by atoms with Crippen LogP contribution in [0.15, 0.2) is 182 Å². The minimum atomic E-state index is -3.06. The van der Waals surface area contributed by atoms with Crippen molar-refractivity contribution in [1.82, 2.24) is 0 Å². The smallest absolute Gasteiger partial charge is 0.305 e. The molecule has 8 rings (SSSR count). The molecule has 422 valence electrons. The fourth-order valence-corrected chi connectivity index (χ4v) is 20.6. The van der Waals surface area contributed by atoms with Gasteiger partial charge in [0.15, 0.2) is 12.6 Å². The van der Waals surface area contributed by atoms with Crippen LogP contribution in [0, 0.1) is 0 Å². The quantitative estimate of drug-likeness (QED) is 0.0287. The summed E-state index contributed by atoms with van der Waals surface area (Å²) in [5, 5.41) is 16.6. The molecule has 13 heteroatoms. The highest BCUT2D eigenvalue weighted by Crippen LogP contribution is 2.41. The third-order valence-electron chi connectivity index (χ3n) is 15.5. The lowest BCUT2D eigenvalue weighted by molar-refractivity contribution is -0.249. The van der Waals surface area contributed by atoms with Gasteiger partial charge in [0.25, 0.3) is 16.6 Å². The average molecular weight is 1110 g/mol. The van der Waals surface area contributed by atoms with Gasteiger partial charge < -0.3 is 47.1 Å². The highest BCUT2D eigenvalue weighted by atomic mass is 28.4. The number of carbonyl (C=O) groups excluding carboxylic acids is 1. The van der Waals surface area contributed by atoms with E-state index in [1.807, 2.05) is 84.9 Å². The first-order chi connectivity index (χ1) is 38.2. The van der Waals surface area contributed by atoms with Crippen LogP contribution in [0.2, 0.25) is 10.1 Å². The molecule has 0 radical (unpaired) electrons. The van der Waals surface area contributed by atoms with Crippen LogP contribution in [-0.2, 0) is 60.0 Å². The maximum Gasteiger partial charge on any atom is 0.305 e. The molecule has 6 aromatic rings. The monoisotopic (exact) mass is 1110 g/mol. The zero-order valence-electron chi connectivity index (χ0n) is 47.5. The van der Waals surface area contributed by atoms with Gasteiger partial charge in [-0.3, -0.25) is 4.79 Å². The van der Waals surface area contributed by atoms with E-state index in [0.29, 0.717) is 13.0 Å². The van der Waals surface area contributed by atoms with Crippen LogP contribution >= 0.6 is 0 Å². The Bertz CT molecular complexity index is 2610. The molecule has 79 heavy (non-hydrogen) atoms. The molecule has 1 N–H and O–H groups in total. The van der Waals surface area contributed by atoms with Crippen LogP contribution in [0.1, 0.15) is 97.6 Å². The molecule has 0 aromatic heterocycles. The molecule has 0 saturated carbocycles. The number of carbonyl (C=O) groups is 1. The van der Waals surface area contributed by atoms with E-state index < -0.39 is 65.8 Å². The van der Waals surface area contributed by atoms with E-state index in [4.69, 9.17) is 42.0 Å². The second-order valence-corrected chi connectivity index (χ2v) is 31.6. The Kier molecular flexibility index (Phi) is 21.7. The van der Waals surface area contributed by atoms with E-state index in [1.54, 1.807) is 0 Å².